The normalized spacial score (nSPS) is 11.6. The number of carbonyl (C=O) groups is 3. The van der Waals surface area contributed by atoms with Crippen LogP contribution in [0.4, 0.5) is 5.69 Å². The van der Waals surface area contributed by atoms with Crippen molar-refractivity contribution < 1.29 is 19.5 Å². The summed E-state index contributed by atoms with van der Waals surface area (Å²) in [7, 11) is 0. The predicted octanol–water partition coefficient (Wildman–Crippen LogP) is 2.58. The van der Waals surface area contributed by atoms with Crippen molar-refractivity contribution in [2.45, 2.75) is 46.0 Å². The number of carboxylic acids is 1. The van der Waals surface area contributed by atoms with Gasteiger partial charge in [0.1, 0.15) is 0 Å². The minimum Gasteiger partial charge on any atom is -0.481 e. The van der Waals surface area contributed by atoms with Gasteiger partial charge in [-0.3, -0.25) is 14.4 Å². The van der Waals surface area contributed by atoms with Crippen molar-refractivity contribution >= 4 is 23.5 Å². The van der Waals surface area contributed by atoms with Crippen LogP contribution in [0.25, 0.3) is 0 Å². The zero-order valence-electron chi connectivity index (χ0n) is 14.3. The second-order valence-corrected chi connectivity index (χ2v) is 5.98. The van der Waals surface area contributed by atoms with Crippen LogP contribution in [0.3, 0.4) is 0 Å². The van der Waals surface area contributed by atoms with Crippen LogP contribution in [0.2, 0.25) is 0 Å². The Labute approximate surface area is 142 Å². The van der Waals surface area contributed by atoms with E-state index in [1.807, 2.05) is 12.1 Å². The van der Waals surface area contributed by atoms with Gasteiger partial charge in [-0.1, -0.05) is 25.5 Å². The Morgan fingerprint density at radius 1 is 1.08 bits per heavy atom. The molecule has 0 aromatic heterocycles. The van der Waals surface area contributed by atoms with E-state index in [-0.39, 0.29) is 11.8 Å². The molecule has 0 saturated heterocycles. The Morgan fingerprint density at radius 3 is 2.33 bits per heavy atom. The van der Waals surface area contributed by atoms with E-state index < -0.39 is 11.9 Å². The topological polar surface area (TPSA) is 95.5 Å². The fourth-order valence-electron chi connectivity index (χ4n) is 2.24. The maximum Gasteiger partial charge on any atom is 0.306 e. The Kier molecular flexibility index (Phi) is 8.54. The van der Waals surface area contributed by atoms with Gasteiger partial charge in [-0.2, -0.15) is 0 Å². The van der Waals surface area contributed by atoms with E-state index in [9.17, 15) is 14.4 Å². The van der Waals surface area contributed by atoms with Gasteiger partial charge in [0, 0.05) is 25.6 Å². The molecule has 132 valence electrons. The van der Waals surface area contributed by atoms with E-state index in [0.29, 0.717) is 25.1 Å². The summed E-state index contributed by atoms with van der Waals surface area (Å²) in [5.74, 6) is -1.32. The summed E-state index contributed by atoms with van der Waals surface area (Å²) in [6.45, 7) is 3.80. The van der Waals surface area contributed by atoms with Crippen LogP contribution in [0.15, 0.2) is 24.3 Å². The second kappa shape index (κ2) is 10.4. The van der Waals surface area contributed by atoms with Gasteiger partial charge in [0.15, 0.2) is 0 Å². The second-order valence-electron chi connectivity index (χ2n) is 5.98. The molecule has 1 rings (SSSR count). The van der Waals surface area contributed by atoms with Crippen molar-refractivity contribution in [3.8, 4) is 0 Å². The van der Waals surface area contributed by atoms with E-state index in [1.165, 1.54) is 6.92 Å². The summed E-state index contributed by atoms with van der Waals surface area (Å²) in [5, 5.41) is 14.5. The highest BCUT2D eigenvalue weighted by molar-refractivity contribution is 5.90. The van der Waals surface area contributed by atoms with E-state index in [0.717, 1.165) is 24.8 Å². The summed E-state index contributed by atoms with van der Waals surface area (Å²) in [4.78, 5) is 33.4. The summed E-state index contributed by atoms with van der Waals surface area (Å²) in [6.07, 6.45) is 3.44. The third kappa shape index (κ3) is 8.31. The van der Waals surface area contributed by atoms with Crippen molar-refractivity contribution in [3.63, 3.8) is 0 Å². The number of aliphatic carboxylic acids is 1. The molecule has 1 aromatic carbocycles. The first-order chi connectivity index (χ1) is 11.4. The zero-order valence-corrected chi connectivity index (χ0v) is 14.3. The Balaban J connectivity index is 2.27. The number of nitrogens with one attached hydrogen (secondary N) is 2. The first-order valence-corrected chi connectivity index (χ1v) is 8.24. The van der Waals surface area contributed by atoms with E-state index >= 15 is 0 Å². The summed E-state index contributed by atoms with van der Waals surface area (Å²) in [5.41, 5.74) is 1.64. The minimum atomic E-state index is -0.814. The smallest absolute Gasteiger partial charge is 0.306 e. The van der Waals surface area contributed by atoms with Crippen LogP contribution in [-0.4, -0.2) is 29.4 Å². The molecule has 6 heteroatoms. The first-order valence-electron chi connectivity index (χ1n) is 8.24. The number of unbranched alkanes of at least 4 members (excludes halogenated alkanes) is 2. The average molecular weight is 334 g/mol. The Morgan fingerprint density at radius 2 is 1.75 bits per heavy atom. The number of benzene rings is 1. The van der Waals surface area contributed by atoms with Gasteiger partial charge in [-0.05, 0) is 37.0 Å². The standard InChI is InChI=1S/C18H26N2O4/c1-13(18(23)24)12-15-7-9-16(10-8-15)20-17(22)6-4-3-5-11-19-14(2)21/h7-10,13H,3-6,11-12H2,1-2H3,(H,19,21)(H,20,22)(H,23,24). The fraction of sp³-hybridized carbons (Fsp3) is 0.500. The average Bonchev–Trinajstić information content (AvgIpc) is 2.52. The van der Waals surface area contributed by atoms with Crippen molar-refractivity contribution in [1.82, 2.24) is 5.32 Å². The molecule has 0 aliphatic carbocycles. The number of rotatable bonds is 10. The van der Waals surface area contributed by atoms with Crippen LogP contribution in [-0.2, 0) is 20.8 Å². The Bertz CT molecular complexity index is 555. The van der Waals surface area contributed by atoms with Crippen LogP contribution in [0.5, 0.6) is 0 Å². The maximum atomic E-state index is 11.8. The van der Waals surface area contributed by atoms with Gasteiger partial charge in [0.2, 0.25) is 11.8 Å². The molecule has 24 heavy (non-hydrogen) atoms. The monoisotopic (exact) mass is 334 g/mol. The molecule has 0 radical (unpaired) electrons. The molecule has 1 atom stereocenters. The predicted molar refractivity (Wildman–Crippen MR) is 92.7 cm³/mol. The van der Waals surface area contributed by atoms with Crippen LogP contribution in [0.1, 0.15) is 45.1 Å². The van der Waals surface area contributed by atoms with Crippen molar-refractivity contribution in [2.75, 3.05) is 11.9 Å². The SMILES string of the molecule is CC(=O)NCCCCCC(=O)Nc1ccc(CC(C)C(=O)O)cc1. The van der Waals surface area contributed by atoms with Gasteiger partial charge in [-0.15, -0.1) is 0 Å². The minimum absolute atomic E-state index is 0.0334. The van der Waals surface area contributed by atoms with E-state index in [1.54, 1.807) is 19.1 Å². The molecule has 0 spiro atoms. The van der Waals surface area contributed by atoms with Crippen molar-refractivity contribution in [3.05, 3.63) is 29.8 Å². The van der Waals surface area contributed by atoms with Crippen LogP contribution in [0, 0.1) is 5.92 Å². The molecule has 2 amide bonds. The van der Waals surface area contributed by atoms with Gasteiger partial charge < -0.3 is 15.7 Å². The lowest BCUT2D eigenvalue weighted by molar-refractivity contribution is -0.141. The lowest BCUT2D eigenvalue weighted by atomic mass is 10.0. The number of carbonyl (C=O) groups excluding carboxylic acids is 2. The molecule has 1 aromatic rings. The molecular weight excluding hydrogens is 308 g/mol. The molecule has 0 saturated carbocycles. The molecule has 0 aliphatic heterocycles. The third-order valence-electron chi connectivity index (χ3n) is 3.66. The van der Waals surface area contributed by atoms with E-state index in [4.69, 9.17) is 5.11 Å². The summed E-state index contributed by atoms with van der Waals surface area (Å²) in [6, 6.07) is 7.25. The number of anilines is 1. The molecule has 6 nitrogen and oxygen atoms in total. The highest BCUT2D eigenvalue weighted by Crippen LogP contribution is 2.14. The lowest BCUT2D eigenvalue weighted by Gasteiger charge is -2.08. The van der Waals surface area contributed by atoms with Crippen molar-refractivity contribution in [1.29, 1.82) is 0 Å². The summed E-state index contributed by atoms with van der Waals surface area (Å²) >= 11 is 0. The number of hydrogen-bond donors (Lipinski definition) is 3. The zero-order chi connectivity index (χ0) is 17.9. The number of carboxylic acid groups (broad SMARTS) is 1. The fourth-order valence-corrected chi connectivity index (χ4v) is 2.24. The molecule has 0 fully saturated rings. The lowest BCUT2D eigenvalue weighted by Crippen LogP contribution is -2.20. The summed E-state index contributed by atoms with van der Waals surface area (Å²) < 4.78 is 0. The quantitative estimate of drug-likeness (QED) is 0.573. The third-order valence-corrected chi connectivity index (χ3v) is 3.66. The number of hydrogen-bond acceptors (Lipinski definition) is 3. The van der Waals surface area contributed by atoms with Gasteiger partial charge >= 0.3 is 5.97 Å². The molecule has 0 heterocycles. The maximum absolute atomic E-state index is 11.8. The van der Waals surface area contributed by atoms with E-state index in [2.05, 4.69) is 10.6 Å². The van der Waals surface area contributed by atoms with Crippen LogP contribution < -0.4 is 10.6 Å². The Hall–Kier alpha value is -2.37. The molecule has 3 N–H and O–H groups in total. The van der Waals surface area contributed by atoms with Gasteiger partial charge in [-0.25, -0.2) is 0 Å². The highest BCUT2D eigenvalue weighted by atomic mass is 16.4. The van der Waals surface area contributed by atoms with Gasteiger partial charge in [0.05, 0.1) is 5.92 Å². The van der Waals surface area contributed by atoms with Gasteiger partial charge in [0.25, 0.3) is 0 Å². The van der Waals surface area contributed by atoms with Crippen LogP contribution >= 0.6 is 0 Å². The first kappa shape index (κ1) is 19.7. The molecular formula is C18H26N2O4. The van der Waals surface area contributed by atoms with Crippen molar-refractivity contribution in [2.24, 2.45) is 5.92 Å². The molecule has 1 unspecified atom stereocenters. The number of amides is 2. The highest BCUT2D eigenvalue weighted by Gasteiger charge is 2.11. The molecule has 0 aliphatic rings. The largest absolute Gasteiger partial charge is 0.481 e. The molecule has 0 bridgehead atoms.